The van der Waals surface area contributed by atoms with Crippen LogP contribution in [0.5, 0.6) is 0 Å². The minimum Gasteiger partial charge on any atom is -0.386 e. The Balaban J connectivity index is 2.06. The van der Waals surface area contributed by atoms with E-state index in [1.807, 2.05) is 0 Å². The van der Waals surface area contributed by atoms with E-state index in [0.717, 1.165) is 6.07 Å². The molecule has 0 aromatic heterocycles. The fourth-order valence-corrected chi connectivity index (χ4v) is 1.91. The van der Waals surface area contributed by atoms with Crippen LogP contribution in [0.1, 0.15) is 22.3 Å². The number of aliphatic hydroxyl groups is 1. The van der Waals surface area contributed by atoms with Gasteiger partial charge in [-0.05, 0) is 18.6 Å². The highest BCUT2D eigenvalue weighted by atomic mass is 19.1. The summed E-state index contributed by atoms with van der Waals surface area (Å²) < 4.78 is 31.6. The lowest BCUT2D eigenvalue weighted by atomic mass is 10.0. The topological polar surface area (TPSA) is 58.6 Å². The van der Waals surface area contributed by atoms with E-state index in [2.05, 4.69) is 5.32 Å². The maximum Gasteiger partial charge on any atom is 0.254 e. The van der Waals surface area contributed by atoms with Crippen LogP contribution in [0.15, 0.2) is 12.1 Å². The van der Waals surface area contributed by atoms with E-state index in [1.54, 1.807) is 0 Å². The molecule has 0 aliphatic carbocycles. The van der Waals surface area contributed by atoms with Crippen molar-refractivity contribution in [3.63, 3.8) is 0 Å². The molecule has 4 nitrogen and oxygen atoms in total. The molecule has 6 heteroatoms. The zero-order valence-electron chi connectivity index (χ0n) is 10.5. The summed E-state index contributed by atoms with van der Waals surface area (Å²) in [5.74, 6) is -2.30. The Morgan fingerprint density at radius 1 is 1.47 bits per heavy atom. The first-order valence-electron chi connectivity index (χ1n) is 5.95. The molecular formula is C13H15F2NO3. The molecule has 2 N–H and O–H groups in total. The van der Waals surface area contributed by atoms with Crippen molar-refractivity contribution in [3.05, 3.63) is 34.9 Å². The Hall–Kier alpha value is -1.53. The van der Waals surface area contributed by atoms with Gasteiger partial charge in [0.1, 0.15) is 17.2 Å². The summed E-state index contributed by atoms with van der Waals surface area (Å²) >= 11 is 0. The molecule has 2 rings (SSSR count). The van der Waals surface area contributed by atoms with Crippen LogP contribution in [-0.2, 0) is 4.74 Å². The zero-order valence-corrected chi connectivity index (χ0v) is 10.5. The first-order valence-corrected chi connectivity index (χ1v) is 5.95. The van der Waals surface area contributed by atoms with Gasteiger partial charge in [-0.3, -0.25) is 4.79 Å². The number of benzene rings is 1. The van der Waals surface area contributed by atoms with Gasteiger partial charge in [0.05, 0.1) is 12.2 Å². The van der Waals surface area contributed by atoms with Gasteiger partial charge < -0.3 is 15.2 Å². The van der Waals surface area contributed by atoms with E-state index in [4.69, 9.17) is 4.74 Å². The van der Waals surface area contributed by atoms with Gasteiger partial charge in [-0.15, -0.1) is 0 Å². The highest BCUT2D eigenvalue weighted by Crippen LogP contribution is 2.18. The highest BCUT2D eigenvalue weighted by Gasteiger charge is 2.32. The SMILES string of the molecule is Cc1cc(C(=O)NCC2(O)CCOC2)c(F)cc1F. The quantitative estimate of drug-likeness (QED) is 0.867. The monoisotopic (exact) mass is 271 g/mol. The Labute approximate surface area is 109 Å². The number of halogens is 2. The van der Waals surface area contributed by atoms with Crippen molar-refractivity contribution in [1.29, 1.82) is 0 Å². The van der Waals surface area contributed by atoms with Gasteiger partial charge in [0, 0.05) is 25.6 Å². The Bertz CT molecular complexity index is 499. The van der Waals surface area contributed by atoms with Gasteiger partial charge in [-0.25, -0.2) is 8.78 Å². The molecule has 104 valence electrons. The summed E-state index contributed by atoms with van der Waals surface area (Å²) in [5, 5.41) is 12.4. The minimum absolute atomic E-state index is 0.0261. The fraction of sp³-hybridized carbons (Fsp3) is 0.462. The lowest BCUT2D eigenvalue weighted by Crippen LogP contribution is -2.43. The molecule has 0 saturated carbocycles. The van der Waals surface area contributed by atoms with Gasteiger partial charge in [0.25, 0.3) is 5.91 Å². The average Bonchev–Trinajstić information content (AvgIpc) is 2.78. The van der Waals surface area contributed by atoms with E-state index in [9.17, 15) is 18.7 Å². The molecule has 1 unspecified atom stereocenters. The molecule has 1 aliphatic rings. The van der Waals surface area contributed by atoms with Crippen molar-refractivity contribution in [1.82, 2.24) is 5.32 Å². The molecule has 1 heterocycles. The van der Waals surface area contributed by atoms with Gasteiger partial charge in [-0.1, -0.05) is 0 Å². The third-order valence-electron chi connectivity index (χ3n) is 3.15. The predicted octanol–water partition coefficient (Wildman–Crippen LogP) is 1.15. The molecule has 1 amide bonds. The number of hydrogen-bond donors (Lipinski definition) is 2. The van der Waals surface area contributed by atoms with Crippen LogP contribution in [0.3, 0.4) is 0 Å². The number of carbonyl (C=O) groups excluding carboxylic acids is 1. The van der Waals surface area contributed by atoms with E-state index >= 15 is 0 Å². The summed E-state index contributed by atoms with van der Waals surface area (Å²) in [7, 11) is 0. The number of aryl methyl sites for hydroxylation is 1. The molecule has 1 aromatic rings. The van der Waals surface area contributed by atoms with Crippen LogP contribution in [0, 0.1) is 18.6 Å². The molecule has 0 bridgehead atoms. The molecule has 0 radical (unpaired) electrons. The summed E-state index contributed by atoms with van der Waals surface area (Å²) in [6.07, 6.45) is 0.415. The Morgan fingerprint density at radius 3 is 2.84 bits per heavy atom. The van der Waals surface area contributed by atoms with Crippen LogP contribution in [0.2, 0.25) is 0 Å². The number of carbonyl (C=O) groups is 1. The first kappa shape index (κ1) is 13.9. The lowest BCUT2D eigenvalue weighted by molar-refractivity contribution is 0.0264. The Kier molecular flexibility index (Phi) is 3.82. The second kappa shape index (κ2) is 5.22. The summed E-state index contributed by atoms with van der Waals surface area (Å²) in [6.45, 7) is 1.99. The van der Waals surface area contributed by atoms with Crippen LogP contribution in [-0.4, -0.2) is 36.4 Å². The maximum absolute atomic E-state index is 13.5. The van der Waals surface area contributed by atoms with Crippen molar-refractivity contribution in [2.75, 3.05) is 19.8 Å². The van der Waals surface area contributed by atoms with E-state index in [1.165, 1.54) is 6.92 Å². The molecular weight excluding hydrogens is 256 g/mol. The first-order chi connectivity index (χ1) is 8.91. The number of ether oxygens (including phenoxy) is 1. The largest absolute Gasteiger partial charge is 0.386 e. The second-order valence-corrected chi connectivity index (χ2v) is 4.79. The van der Waals surface area contributed by atoms with Gasteiger partial charge in [0.15, 0.2) is 0 Å². The van der Waals surface area contributed by atoms with Crippen LogP contribution < -0.4 is 5.32 Å². The number of rotatable bonds is 3. The second-order valence-electron chi connectivity index (χ2n) is 4.79. The Morgan fingerprint density at radius 2 is 2.21 bits per heavy atom. The molecule has 1 aromatic carbocycles. The van der Waals surface area contributed by atoms with E-state index in [-0.39, 0.29) is 24.3 Å². The van der Waals surface area contributed by atoms with Gasteiger partial charge in [0.2, 0.25) is 0 Å². The fourth-order valence-electron chi connectivity index (χ4n) is 1.91. The lowest BCUT2D eigenvalue weighted by Gasteiger charge is -2.20. The molecule has 1 saturated heterocycles. The third-order valence-corrected chi connectivity index (χ3v) is 3.15. The molecule has 1 aliphatic heterocycles. The summed E-state index contributed by atoms with van der Waals surface area (Å²) in [5.41, 5.74) is -1.16. The number of nitrogens with one attached hydrogen (secondary N) is 1. The van der Waals surface area contributed by atoms with Crippen molar-refractivity contribution in [2.24, 2.45) is 0 Å². The van der Waals surface area contributed by atoms with Crippen molar-refractivity contribution in [2.45, 2.75) is 18.9 Å². The summed E-state index contributed by atoms with van der Waals surface area (Å²) in [4.78, 5) is 11.8. The predicted molar refractivity (Wildman–Crippen MR) is 63.8 cm³/mol. The zero-order chi connectivity index (χ0) is 14.0. The van der Waals surface area contributed by atoms with Crippen LogP contribution in [0.4, 0.5) is 8.78 Å². The van der Waals surface area contributed by atoms with Crippen molar-refractivity contribution in [3.8, 4) is 0 Å². The number of amides is 1. The van der Waals surface area contributed by atoms with E-state index < -0.39 is 23.1 Å². The van der Waals surface area contributed by atoms with Crippen LogP contribution >= 0.6 is 0 Å². The smallest absolute Gasteiger partial charge is 0.254 e. The van der Waals surface area contributed by atoms with Crippen molar-refractivity contribution < 1.29 is 23.4 Å². The number of hydrogen-bond acceptors (Lipinski definition) is 3. The van der Waals surface area contributed by atoms with Crippen molar-refractivity contribution >= 4 is 5.91 Å². The van der Waals surface area contributed by atoms with Crippen LogP contribution in [0.25, 0.3) is 0 Å². The molecule has 0 spiro atoms. The van der Waals surface area contributed by atoms with Gasteiger partial charge in [-0.2, -0.15) is 0 Å². The summed E-state index contributed by atoms with van der Waals surface area (Å²) in [6, 6.07) is 1.83. The van der Waals surface area contributed by atoms with Gasteiger partial charge >= 0.3 is 0 Å². The minimum atomic E-state index is -1.11. The highest BCUT2D eigenvalue weighted by molar-refractivity contribution is 5.94. The van der Waals surface area contributed by atoms with E-state index in [0.29, 0.717) is 19.1 Å². The average molecular weight is 271 g/mol. The third kappa shape index (κ3) is 3.08. The standard InChI is InChI=1S/C13H15F2NO3/c1-8-4-9(11(15)5-10(8)14)12(17)16-6-13(18)2-3-19-7-13/h4-5,18H,2-3,6-7H2,1H3,(H,16,17). The molecule has 19 heavy (non-hydrogen) atoms. The molecule has 1 atom stereocenters. The molecule has 1 fully saturated rings. The normalized spacial score (nSPS) is 22.5. The maximum atomic E-state index is 13.5.